The summed E-state index contributed by atoms with van der Waals surface area (Å²) in [6, 6.07) is 7.24. The first-order chi connectivity index (χ1) is 8.52. The average molecular weight is 252 g/mol. The maximum atomic E-state index is 10.5. The summed E-state index contributed by atoms with van der Waals surface area (Å²) in [5.74, 6) is -0.113. The molecule has 0 amide bonds. The van der Waals surface area contributed by atoms with Gasteiger partial charge in [0, 0.05) is 6.42 Å². The quantitative estimate of drug-likeness (QED) is 0.782. The Kier molecular flexibility index (Phi) is 5.65. The Morgan fingerprint density at radius 2 is 1.94 bits per heavy atom. The molecule has 0 radical (unpaired) electrons. The third-order valence-electron chi connectivity index (χ3n) is 2.72. The molecule has 0 aliphatic rings. The summed E-state index contributed by atoms with van der Waals surface area (Å²) in [6.07, 6.45) is -0.107. The molecule has 18 heavy (non-hydrogen) atoms. The van der Waals surface area contributed by atoms with Gasteiger partial charge in [0.05, 0.1) is 12.7 Å². The van der Waals surface area contributed by atoms with Crippen molar-refractivity contribution in [1.29, 1.82) is 0 Å². The first kappa shape index (κ1) is 14.5. The molecule has 0 heterocycles. The lowest BCUT2D eigenvalue weighted by atomic mass is 9.96. The summed E-state index contributed by atoms with van der Waals surface area (Å²) in [6.45, 7) is 4.35. The van der Waals surface area contributed by atoms with E-state index in [9.17, 15) is 9.90 Å². The van der Waals surface area contributed by atoms with Gasteiger partial charge in [-0.15, -0.1) is 0 Å². The van der Waals surface area contributed by atoms with Crippen LogP contribution >= 0.6 is 0 Å². The molecule has 0 saturated heterocycles. The maximum Gasteiger partial charge on any atom is 0.303 e. The van der Waals surface area contributed by atoms with E-state index in [1.165, 1.54) is 0 Å². The van der Waals surface area contributed by atoms with E-state index in [1.807, 2.05) is 38.1 Å². The van der Waals surface area contributed by atoms with Crippen LogP contribution in [-0.2, 0) is 4.79 Å². The van der Waals surface area contributed by atoms with E-state index in [4.69, 9.17) is 9.84 Å². The molecule has 4 heteroatoms. The largest absolute Gasteiger partial charge is 0.494 e. The second-order valence-electron chi connectivity index (χ2n) is 4.46. The molecule has 1 aromatic carbocycles. The van der Waals surface area contributed by atoms with Gasteiger partial charge in [-0.3, -0.25) is 4.79 Å². The van der Waals surface area contributed by atoms with Crippen molar-refractivity contribution in [3.63, 3.8) is 0 Å². The average Bonchev–Trinajstić information content (AvgIpc) is 2.29. The van der Waals surface area contributed by atoms with Gasteiger partial charge in [-0.2, -0.15) is 0 Å². The molecule has 2 N–H and O–H groups in total. The van der Waals surface area contributed by atoms with Crippen LogP contribution in [0.1, 0.15) is 38.4 Å². The molecule has 1 rings (SSSR count). The highest BCUT2D eigenvalue weighted by Crippen LogP contribution is 2.24. The molecule has 0 aromatic heterocycles. The number of aliphatic hydroxyl groups excluding tert-OH is 1. The standard InChI is InChI=1S/C14H20O4/c1-3-18-12-6-4-11(5-7-12)13(15)8-10(2)9-14(16)17/h4-7,10,13,15H,3,8-9H2,1-2H3,(H,16,17). The van der Waals surface area contributed by atoms with Gasteiger partial charge < -0.3 is 14.9 Å². The number of carbonyl (C=O) groups is 1. The summed E-state index contributed by atoms with van der Waals surface area (Å²) in [5.41, 5.74) is 0.788. The molecule has 1 aromatic rings. The minimum Gasteiger partial charge on any atom is -0.494 e. The zero-order chi connectivity index (χ0) is 13.5. The van der Waals surface area contributed by atoms with E-state index in [2.05, 4.69) is 0 Å². The highest BCUT2D eigenvalue weighted by Gasteiger charge is 2.15. The monoisotopic (exact) mass is 252 g/mol. The predicted molar refractivity (Wildman–Crippen MR) is 68.6 cm³/mol. The minimum atomic E-state index is -0.832. The molecular formula is C14H20O4. The van der Waals surface area contributed by atoms with Crippen molar-refractivity contribution in [2.75, 3.05) is 6.61 Å². The van der Waals surface area contributed by atoms with Crippen LogP contribution in [0, 0.1) is 5.92 Å². The summed E-state index contributed by atoms with van der Waals surface area (Å²) in [7, 11) is 0. The Bertz CT molecular complexity index is 372. The number of aliphatic carboxylic acids is 1. The lowest BCUT2D eigenvalue weighted by Gasteiger charge is -2.15. The topological polar surface area (TPSA) is 66.8 Å². The number of carboxylic acids is 1. The van der Waals surface area contributed by atoms with Crippen molar-refractivity contribution in [3.05, 3.63) is 29.8 Å². The molecule has 2 unspecified atom stereocenters. The molecule has 4 nitrogen and oxygen atoms in total. The molecule has 0 saturated carbocycles. The van der Waals surface area contributed by atoms with E-state index in [0.717, 1.165) is 11.3 Å². The van der Waals surface area contributed by atoms with Gasteiger partial charge in [-0.05, 0) is 37.0 Å². The molecule has 0 spiro atoms. The maximum absolute atomic E-state index is 10.5. The lowest BCUT2D eigenvalue weighted by molar-refractivity contribution is -0.138. The van der Waals surface area contributed by atoms with E-state index in [-0.39, 0.29) is 12.3 Å². The highest BCUT2D eigenvalue weighted by molar-refractivity contribution is 5.66. The third kappa shape index (κ3) is 4.75. The van der Waals surface area contributed by atoms with Gasteiger partial charge in [0.1, 0.15) is 5.75 Å². The van der Waals surface area contributed by atoms with Crippen LogP contribution < -0.4 is 4.74 Å². The van der Waals surface area contributed by atoms with Crippen molar-refractivity contribution in [2.24, 2.45) is 5.92 Å². The fourth-order valence-electron chi connectivity index (χ4n) is 1.85. The van der Waals surface area contributed by atoms with Crippen molar-refractivity contribution < 1.29 is 19.7 Å². The normalized spacial score (nSPS) is 13.9. The Hall–Kier alpha value is -1.55. The zero-order valence-corrected chi connectivity index (χ0v) is 10.8. The smallest absolute Gasteiger partial charge is 0.303 e. The molecule has 0 aliphatic carbocycles. The zero-order valence-electron chi connectivity index (χ0n) is 10.8. The van der Waals surface area contributed by atoms with Crippen molar-refractivity contribution in [1.82, 2.24) is 0 Å². The Morgan fingerprint density at radius 1 is 1.33 bits per heavy atom. The van der Waals surface area contributed by atoms with Crippen LogP contribution in [-0.4, -0.2) is 22.8 Å². The SMILES string of the molecule is CCOc1ccc(C(O)CC(C)CC(=O)O)cc1. The van der Waals surface area contributed by atoms with Crippen molar-refractivity contribution in [2.45, 2.75) is 32.8 Å². The highest BCUT2D eigenvalue weighted by atomic mass is 16.5. The van der Waals surface area contributed by atoms with Gasteiger partial charge in [-0.1, -0.05) is 19.1 Å². The van der Waals surface area contributed by atoms with E-state index < -0.39 is 12.1 Å². The minimum absolute atomic E-state index is 0.0518. The van der Waals surface area contributed by atoms with Gasteiger partial charge in [0.15, 0.2) is 0 Å². The fraction of sp³-hybridized carbons (Fsp3) is 0.500. The van der Waals surface area contributed by atoms with Crippen molar-refractivity contribution in [3.8, 4) is 5.75 Å². The molecule has 2 atom stereocenters. The van der Waals surface area contributed by atoms with E-state index in [0.29, 0.717) is 13.0 Å². The third-order valence-corrected chi connectivity index (χ3v) is 2.72. The van der Waals surface area contributed by atoms with Crippen molar-refractivity contribution >= 4 is 5.97 Å². The van der Waals surface area contributed by atoms with Gasteiger partial charge in [0.25, 0.3) is 0 Å². The van der Waals surface area contributed by atoms with Crippen LogP contribution in [0.2, 0.25) is 0 Å². The Morgan fingerprint density at radius 3 is 2.44 bits per heavy atom. The Balaban J connectivity index is 2.55. The summed E-state index contributed by atoms with van der Waals surface area (Å²) in [4.78, 5) is 10.5. The summed E-state index contributed by atoms with van der Waals surface area (Å²) < 4.78 is 5.31. The number of aliphatic hydroxyl groups is 1. The first-order valence-electron chi connectivity index (χ1n) is 6.15. The molecule has 0 aliphatic heterocycles. The van der Waals surface area contributed by atoms with Gasteiger partial charge in [-0.25, -0.2) is 0 Å². The fourth-order valence-corrected chi connectivity index (χ4v) is 1.85. The number of hydrogen-bond acceptors (Lipinski definition) is 3. The van der Waals surface area contributed by atoms with Crippen LogP contribution in [0.5, 0.6) is 5.75 Å². The van der Waals surface area contributed by atoms with Gasteiger partial charge >= 0.3 is 5.97 Å². The van der Waals surface area contributed by atoms with Crippen LogP contribution in [0.25, 0.3) is 0 Å². The van der Waals surface area contributed by atoms with Crippen LogP contribution in [0.4, 0.5) is 0 Å². The second kappa shape index (κ2) is 7.01. The molecule has 100 valence electrons. The first-order valence-corrected chi connectivity index (χ1v) is 6.15. The van der Waals surface area contributed by atoms with Crippen LogP contribution in [0.3, 0.4) is 0 Å². The lowest BCUT2D eigenvalue weighted by Crippen LogP contribution is -2.09. The number of ether oxygens (including phenoxy) is 1. The molecular weight excluding hydrogens is 232 g/mol. The number of carboxylic acid groups (broad SMARTS) is 1. The van der Waals surface area contributed by atoms with E-state index >= 15 is 0 Å². The van der Waals surface area contributed by atoms with Crippen LogP contribution in [0.15, 0.2) is 24.3 Å². The summed E-state index contributed by atoms with van der Waals surface area (Å²) in [5, 5.41) is 18.7. The number of benzene rings is 1. The predicted octanol–water partition coefficient (Wildman–Crippen LogP) is 2.62. The van der Waals surface area contributed by atoms with Gasteiger partial charge in [0.2, 0.25) is 0 Å². The number of rotatable bonds is 7. The Labute approximate surface area is 107 Å². The molecule has 0 bridgehead atoms. The second-order valence-corrected chi connectivity index (χ2v) is 4.46. The summed E-state index contributed by atoms with van der Waals surface area (Å²) >= 11 is 0. The number of hydrogen-bond donors (Lipinski definition) is 2. The molecule has 0 fully saturated rings. The van der Waals surface area contributed by atoms with E-state index in [1.54, 1.807) is 0 Å².